The molecule has 0 amide bonds. The highest BCUT2D eigenvalue weighted by Gasteiger charge is 2.42. The molecule has 1 aliphatic carbocycles. The van der Waals surface area contributed by atoms with E-state index in [2.05, 4.69) is 19.8 Å². The van der Waals surface area contributed by atoms with E-state index in [0.717, 1.165) is 44.3 Å². The summed E-state index contributed by atoms with van der Waals surface area (Å²) in [6.07, 6.45) is 2.22. The fourth-order valence-corrected chi connectivity index (χ4v) is 5.90. The van der Waals surface area contributed by atoms with Crippen LogP contribution in [-0.2, 0) is 22.6 Å². The van der Waals surface area contributed by atoms with Crippen LogP contribution in [0.3, 0.4) is 0 Å². The van der Waals surface area contributed by atoms with Gasteiger partial charge in [-0.15, -0.1) is 13.2 Å². The number of para-hydroxylation sites is 1. The Kier molecular flexibility index (Phi) is 6.70. The summed E-state index contributed by atoms with van der Waals surface area (Å²) in [5, 5.41) is 13.2. The minimum Gasteiger partial charge on any atom is -0.481 e. The first-order chi connectivity index (χ1) is 18.7. The number of piperidine rings is 1. The van der Waals surface area contributed by atoms with E-state index in [9.17, 15) is 18.0 Å². The lowest BCUT2D eigenvalue weighted by Crippen LogP contribution is -2.46. The van der Waals surface area contributed by atoms with Gasteiger partial charge in [-0.2, -0.15) is 0 Å². The highest BCUT2D eigenvalue weighted by Crippen LogP contribution is 2.46. The zero-order valence-electron chi connectivity index (χ0n) is 21.1. The van der Waals surface area contributed by atoms with Crippen LogP contribution in [-0.4, -0.2) is 45.8 Å². The van der Waals surface area contributed by atoms with Crippen LogP contribution < -0.4 is 9.64 Å². The number of hydrogen-bond acceptors (Lipinski definition) is 7. The second-order valence-corrected chi connectivity index (χ2v) is 10.5. The minimum atomic E-state index is -4.82. The Morgan fingerprint density at radius 1 is 1.08 bits per heavy atom. The van der Waals surface area contributed by atoms with Gasteiger partial charge in [-0.25, -0.2) is 4.98 Å². The van der Waals surface area contributed by atoms with Crippen LogP contribution in [0.5, 0.6) is 5.75 Å². The van der Waals surface area contributed by atoms with Crippen LogP contribution in [0, 0.1) is 0 Å². The van der Waals surface area contributed by atoms with Gasteiger partial charge in [-0.05, 0) is 62.3 Å². The van der Waals surface area contributed by atoms with Gasteiger partial charge in [0.1, 0.15) is 23.0 Å². The SMILES string of the molecule is O=C(O)Cc1ccc(N2[C@@H]3CC[C@H]2CC(OCc2c(-c4ccccc4OC(F)(F)F)noc2C2CC2)C3)nc1. The zero-order chi connectivity index (χ0) is 27.1. The minimum absolute atomic E-state index is 0.0264. The number of alkyl halides is 3. The molecule has 6 rings (SSSR count). The summed E-state index contributed by atoms with van der Waals surface area (Å²) < 4.78 is 55.5. The Morgan fingerprint density at radius 3 is 2.46 bits per heavy atom. The third kappa shape index (κ3) is 5.59. The van der Waals surface area contributed by atoms with E-state index in [4.69, 9.17) is 14.4 Å². The van der Waals surface area contributed by atoms with Crippen LogP contribution in [0.2, 0.25) is 0 Å². The largest absolute Gasteiger partial charge is 0.573 e. The van der Waals surface area contributed by atoms with Crippen molar-refractivity contribution in [1.29, 1.82) is 0 Å². The van der Waals surface area contributed by atoms with Gasteiger partial charge < -0.3 is 24.0 Å². The molecule has 39 heavy (non-hydrogen) atoms. The fraction of sp³-hybridized carbons (Fsp3) is 0.464. The van der Waals surface area contributed by atoms with Crippen LogP contribution in [0.15, 0.2) is 47.1 Å². The summed E-state index contributed by atoms with van der Waals surface area (Å²) in [5.41, 5.74) is 1.88. The molecule has 0 spiro atoms. The number of carboxylic acid groups (broad SMARTS) is 1. The van der Waals surface area contributed by atoms with Crippen molar-refractivity contribution in [3.8, 4) is 17.0 Å². The number of anilines is 1. The normalized spacial score (nSPS) is 22.7. The Hall–Kier alpha value is -3.60. The maximum Gasteiger partial charge on any atom is 0.573 e. The first-order valence-corrected chi connectivity index (χ1v) is 13.2. The number of halogens is 3. The number of nitrogens with zero attached hydrogens (tertiary/aromatic N) is 3. The molecule has 206 valence electrons. The van der Waals surface area contributed by atoms with Crippen LogP contribution in [0.25, 0.3) is 11.3 Å². The summed E-state index contributed by atoms with van der Waals surface area (Å²) in [6, 6.07) is 10.1. The number of carbonyl (C=O) groups is 1. The number of rotatable bonds is 9. The highest BCUT2D eigenvalue weighted by molar-refractivity contribution is 5.71. The topological polar surface area (TPSA) is 97.9 Å². The molecule has 1 saturated carbocycles. The van der Waals surface area contributed by atoms with Crippen molar-refractivity contribution in [1.82, 2.24) is 10.1 Å². The third-order valence-corrected chi connectivity index (χ3v) is 7.72. The van der Waals surface area contributed by atoms with Crippen molar-refractivity contribution in [3.05, 3.63) is 59.5 Å². The second-order valence-electron chi connectivity index (χ2n) is 10.5. The average molecular weight is 544 g/mol. The molecule has 3 aromatic rings. The maximum absolute atomic E-state index is 13.1. The molecule has 3 fully saturated rings. The first kappa shape index (κ1) is 25.7. The monoisotopic (exact) mass is 543 g/mol. The van der Waals surface area contributed by atoms with Crippen molar-refractivity contribution in [2.45, 2.75) is 82.0 Å². The first-order valence-electron chi connectivity index (χ1n) is 13.2. The summed E-state index contributed by atoms with van der Waals surface area (Å²) >= 11 is 0. The lowest BCUT2D eigenvalue weighted by Gasteiger charge is -2.39. The molecule has 1 aromatic carbocycles. The molecule has 2 bridgehead atoms. The Bertz CT molecular complexity index is 1320. The molecule has 0 radical (unpaired) electrons. The lowest BCUT2D eigenvalue weighted by atomic mass is 9.99. The van der Waals surface area contributed by atoms with Gasteiger partial charge in [0.2, 0.25) is 0 Å². The quantitative estimate of drug-likeness (QED) is 0.359. The van der Waals surface area contributed by atoms with E-state index >= 15 is 0 Å². The average Bonchev–Trinajstić information content (AvgIpc) is 3.59. The number of aliphatic carboxylic acids is 1. The van der Waals surface area contributed by atoms with Crippen molar-refractivity contribution in [3.63, 3.8) is 0 Å². The van der Waals surface area contributed by atoms with E-state index in [0.29, 0.717) is 22.6 Å². The van der Waals surface area contributed by atoms with Gasteiger partial charge >= 0.3 is 12.3 Å². The van der Waals surface area contributed by atoms with Crippen molar-refractivity contribution >= 4 is 11.8 Å². The Balaban J connectivity index is 1.17. The molecule has 2 aromatic heterocycles. The summed E-state index contributed by atoms with van der Waals surface area (Å²) in [4.78, 5) is 17.8. The molecule has 11 heteroatoms. The van der Waals surface area contributed by atoms with Gasteiger partial charge in [-0.1, -0.05) is 23.4 Å². The zero-order valence-corrected chi connectivity index (χ0v) is 21.1. The van der Waals surface area contributed by atoms with E-state index in [1.807, 2.05) is 12.1 Å². The van der Waals surface area contributed by atoms with Crippen LogP contribution in [0.1, 0.15) is 61.3 Å². The number of pyridine rings is 1. The molecular weight excluding hydrogens is 515 g/mol. The van der Waals surface area contributed by atoms with Crippen molar-refractivity contribution in [2.75, 3.05) is 4.90 Å². The number of benzene rings is 1. The summed E-state index contributed by atoms with van der Waals surface area (Å²) in [6.45, 7) is 0.192. The predicted octanol–water partition coefficient (Wildman–Crippen LogP) is 5.86. The van der Waals surface area contributed by atoms with Crippen LogP contribution in [0.4, 0.5) is 19.0 Å². The van der Waals surface area contributed by atoms with E-state index in [-0.39, 0.29) is 48.4 Å². The van der Waals surface area contributed by atoms with E-state index in [1.165, 1.54) is 12.1 Å². The third-order valence-electron chi connectivity index (χ3n) is 7.72. The molecule has 1 N–H and O–H groups in total. The van der Waals surface area contributed by atoms with Crippen LogP contribution >= 0.6 is 0 Å². The number of fused-ring (bicyclic) bond motifs is 2. The Morgan fingerprint density at radius 2 is 1.82 bits per heavy atom. The second kappa shape index (κ2) is 10.2. The van der Waals surface area contributed by atoms with Gasteiger partial charge in [0.25, 0.3) is 0 Å². The molecule has 3 aliphatic rings. The molecule has 4 heterocycles. The molecule has 2 saturated heterocycles. The van der Waals surface area contributed by atoms with Crippen molar-refractivity contribution in [2.24, 2.45) is 0 Å². The van der Waals surface area contributed by atoms with E-state index in [1.54, 1.807) is 18.3 Å². The summed E-state index contributed by atoms with van der Waals surface area (Å²) in [7, 11) is 0. The number of aromatic nitrogens is 2. The highest BCUT2D eigenvalue weighted by atomic mass is 19.4. The van der Waals surface area contributed by atoms with Gasteiger partial charge in [-0.3, -0.25) is 4.79 Å². The maximum atomic E-state index is 13.1. The van der Waals surface area contributed by atoms with Gasteiger partial charge in [0.05, 0.1) is 19.1 Å². The smallest absolute Gasteiger partial charge is 0.481 e. The standard InChI is InChI=1S/C28H28F3N3O5/c29-28(30,31)38-23-4-2-1-3-21(23)26-22(27(39-33-26)17-6-7-17)15-37-20-12-18-8-9-19(13-20)34(18)24-10-5-16(14-32-24)11-25(35)36/h1-5,10,14,17-20H,6-9,11-13,15H2,(H,35,36)/t18-,19+,20?. The molecule has 2 aliphatic heterocycles. The molecule has 1 unspecified atom stereocenters. The number of carboxylic acids is 1. The van der Waals surface area contributed by atoms with Gasteiger partial charge in [0.15, 0.2) is 0 Å². The molecular formula is C28H28F3N3O5. The van der Waals surface area contributed by atoms with Crippen molar-refractivity contribution < 1.29 is 37.1 Å². The lowest BCUT2D eigenvalue weighted by molar-refractivity contribution is -0.274. The van der Waals surface area contributed by atoms with Gasteiger partial charge in [0, 0.05) is 35.3 Å². The number of hydrogen-bond donors (Lipinski definition) is 1. The predicted molar refractivity (Wildman–Crippen MR) is 133 cm³/mol. The summed E-state index contributed by atoms with van der Waals surface area (Å²) in [5.74, 6) is 0.509. The van der Waals surface area contributed by atoms with E-state index < -0.39 is 12.3 Å². The molecule has 3 atom stereocenters. The molecule has 8 nitrogen and oxygen atoms in total. The number of ether oxygens (including phenoxy) is 2. The Labute approximate surface area is 222 Å². The fourth-order valence-electron chi connectivity index (χ4n) is 5.90.